The molecule has 82 valence electrons. The fourth-order valence-electron chi connectivity index (χ4n) is 1.13. The van der Waals surface area contributed by atoms with Gasteiger partial charge in [0.05, 0.1) is 0 Å². The molecule has 0 bridgehead atoms. The molecule has 0 aromatic rings. The second-order valence-electron chi connectivity index (χ2n) is 4.20. The molecule has 0 aromatic heterocycles. The zero-order valence-corrected chi connectivity index (χ0v) is 9.91. The fourth-order valence-corrected chi connectivity index (χ4v) is 1.13. The highest BCUT2D eigenvalue weighted by Gasteiger charge is 2.13. The van der Waals surface area contributed by atoms with Gasteiger partial charge in [-0.15, -0.1) is 0 Å². The molecule has 0 spiro atoms. The van der Waals surface area contributed by atoms with E-state index in [2.05, 4.69) is 32.9 Å². The number of carbonyl (C=O) groups excluding carboxylic acids is 1. The summed E-state index contributed by atoms with van der Waals surface area (Å²) in [5, 5.41) is 0. The molecule has 0 aliphatic rings. The third-order valence-electron chi connectivity index (χ3n) is 2.18. The van der Waals surface area contributed by atoms with Crippen molar-refractivity contribution in [3.05, 3.63) is 12.2 Å². The van der Waals surface area contributed by atoms with Gasteiger partial charge in [-0.05, 0) is 25.2 Å². The summed E-state index contributed by atoms with van der Waals surface area (Å²) in [4.78, 5) is 10.7. The second-order valence-corrected chi connectivity index (χ2v) is 4.20. The third kappa shape index (κ3) is 6.70. The minimum absolute atomic E-state index is 0.00399. The lowest BCUT2D eigenvalue weighted by molar-refractivity contribution is -0.147. The van der Waals surface area contributed by atoms with Crippen LogP contribution in [0.1, 0.15) is 41.0 Å². The van der Waals surface area contributed by atoms with E-state index < -0.39 is 0 Å². The summed E-state index contributed by atoms with van der Waals surface area (Å²) in [6.45, 7) is 9.79. The van der Waals surface area contributed by atoms with Crippen LogP contribution in [0.3, 0.4) is 0 Å². The maximum absolute atomic E-state index is 10.7. The molecule has 14 heavy (non-hydrogen) atoms. The Balaban J connectivity index is 3.83. The number of hydrogen-bond acceptors (Lipinski definition) is 2. The van der Waals surface area contributed by atoms with Crippen molar-refractivity contribution in [3.8, 4) is 0 Å². The molecule has 0 N–H and O–H groups in total. The Morgan fingerprint density at radius 3 is 2.29 bits per heavy atom. The molecule has 2 atom stereocenters. The van der Waals surface area contributed by atoms with Gasteiger partial charge in [0.25, 0.3) is 0 Å². The molecule has 0 saturated carbocycles. The van der Waals surface area contributed by atoms with E-state index in [-0.39, 0.29) is 12.1 Å². The van der Waals surface area contributed by atoms with Crippen LogP contribution in [-0.2, 0) is 9.53 Å². The van der Waals surface area contributed by atoms with Crippen LogP contribution >= 0.6 is 0 Å². The number of esters is 1. The van der Waals surface area contributed by atoms with Gasteiger partial charge in [0, 0.05) is 6.92 Å². The van der Waals surface area contributed by atoms with Gasteiger partial charge in [0.15, 0.2) is 0 Å². The van der Waals surface area contributed by atoms with Crippen LogP contribution in [-0.4, -0.2) is 12.1 Å². The summed E-state index contributed by atoms with van der Waals surface area (Å²) in [5.41, 5.74) is 0. The first-order chi connectivity index (χ1) is 6.43. The molecule has 0 amide bonds. The second kappa shape index (κ2) is 6.63. The lowest BCUT2D eigenvalue weighted by Gasteiger charge is -2.18. The predicted molar refractivity (Wildman–Crippen MR) is 59.0 cm³/mol. The highest BCUT2D eigenvalue weighted by atomic mass is 16.5. The fraction of sp³-hybridized carbons (Fsp3) is 0.750. The summed E-state index contributed by atoms with van der Waals surface area (Å²) in [6.07, 6.45) is 5.31. The van der Waals surface area contributed by atoms with Crippen LogP contribution in [0.4, 0.5) is 0 Å². The number of hydrogen-bond donors (Lipinski definition) is 0. The smallest absolute Gasteiger partial charge is 0.302 e. The van der Waals surface area contributed by atoms with Crippen molar-refractivity contribution in [2.45, 2.75) is 47.1 Å². The van der Waals surface area contributed by atoms with Crippen LogP contribution in [0.15, 0.2) is 12.2 Å². The van der Waals surface area contributed by atoms with Crippen LogP contribution in [0.25, 0.3) is 0 Å². The van der Waals surface area contributed by atoms with Crippen molar-refractivity contribution in [3.63, 3.8) is 0 Å². The van der Waals surface area contributed by atoms with Crippen LogP contribution in [0.5, 0.6) is 0 Å². The lowest BCUT2D eigenvalue weighted by Crippen LogP contribution is -2.20. The average molecular weight is 198 g/mol. The molecule has 2 unspecified atom stereocenters. The van der Waals surface area contributed by atoms with E-state index in [1.807, 2.05) is 6.92 Å². The lowest BCUT2D eigenvalue weighted by atomic mass is 10.0. The summed E-state index contributed by atoms with van der Waals surface area (Å²) in [7, 11) is 0. The van der Waals surface area contributed by atoms with Gasteiger partial charge < -0.3 is 4.74 Å². The quantitative estimate of drug-likeness (QED) is 0.501. The topological polar surface area (TPSA) is 26.3 Å². The van der Waals surface area contributed by atoms with Gasteiger partial charge in [0.1, 0.15) is 6.10 Å². The normalized spacial score (nSPS) is 15.9. The van der Waals surface area contributed by atoms with E-state index in [0.717, 1.165) is 6.42 Å². The van der Waals surface area contributed by atoms with Crippen molar-refractivity contribution < 1.29 is 9.53 Å². The Morgan fingerprint density at radius 2 is 1.86 bits per heavy atom. The minimum atomic E-state index is -0.197. The van der Waals surface area contributed by atoms with Crippen LogP contribution in [0.2, 0.25) is 0 Å². The molecule has 2 heteroatoms. The van der Waals surface area contributed by atoms with E-state index in [1.54, 1.807) is 0 Å². The SMILES string of the molecule is CC(=O)OC(C)C(C)CC=CC(C)C. The molecule has 0 radical (unpaired) electrons. The Kier molecular flexibility index (Phi) is 6.26. The van der Waals surface area contributed by atoms with Crippen molar-refractivity contribution in [1.82, 2.24) is 0 Å². The third-order valence-corrected chi connectivity index (χ3v) is 2.18. The van der Waals surface area contributed by atoms with Crippen molar-refractivity contribution in [2.24, 2.45) is 11.8 Å². The van der Waals surface area contributed by atoms with Gasteiger partial charge in [-0.1, -0.05) is 32.9 Å². The Hall–Kier alpha value is -0.790. The highest BCUT2D eigenvalue weighted by molar-refractivity contribution is 5.66. The van der Waals surface area contributed by atoms with Crippen LogP contribution in [0, 0.1) is 11.8 Å². The minimum Gasteiger partial charge on any atom is -0.463 e. The van der Waals surface area contributed by atoms with E-state index in [4.69, 9.17) is 4.74 Å². The summed E-state index contributed by atoms with van der Waals surface area (Å²) in [5.74, 6) is 0.775. The highest BCUT2D eigenvalue weighted by Crippen LogP contribution is 2.12. The van der Waals surface area contributed by atoms with Crippen molar-refractivity contribution in [2.75, 3.05) is 0 Å². The van der Waals surface area contributed by atoms with E-state index in [1.165, 1.54) is 6.92 Å². The average Bonchev–Trinajstić information content (AvgIpc) is 2.01. The van der Waals surface area contributed by atoms with Gasteiger partial charge in [-0.25, -0.2) is 0 Å². The van der Waals surface area contributed by atoms with Gasteiger partial charge >= 0.3 is 5.97 Å². The molecule has 0 heterocycles. The Labute approximate surface area is 87.3 Å². The van der Waals surface area contributed by atoms with E-state index >= 15 is 0 Å². The first-order valence-corrected chi connectivity index (χ1v) is 5.27. The number of rotatable bonds is 5. The summed E-state index contributed by atoms with van der Waals surface area (Å²) in [6, 6.07) is 0. The molecular formula is C12H22O2. The standard InChI is InChI=1S/C12H22O2/c1-9(2)7-6-8-10(3)11(4)14-12(5)13/h6-7,9-11H,8H2,1-5H3. The molecule has 2 nitrogen and oxygen atoms in total. The Bertz CT molecular complexity index is 194. The Morgan fingerprint density at radius 1 is 1.29 bits per heavy atom. The summed E-state index contributed by atoms with van der Waals surface area (Å²) >= 11 is 0. The molecule has 0 aliphatic heterocycles. The largest absolute Gasteiger partial charge is 0.463 e. The molecule has 0 saturated heterocycles. The number of carbonyl (C=O) groups is 1. The maximum atomic E-state index is 10.7. The molecule has 0 aromatic carbocycles. The molecule has 0 fully saturated rings. The molecule has 0 rings (SSSR count). The first kappa shape index (κ1) is 13.2. The molecule has 0 aliphatic carbocycles. The number of allylic oxidation sites excluding steroid dienone is 2. The van der Waals surface area contributed by atoms with Gasteiger partial charge in [-0.3, -0.25) is 4.79 Å². The first-order valence-electron chi connectivity index (χ1n) is 5.27. The molecular weight excluding hydrogens is 176 g/mol. The van der Waals surface area contributed by atoms with E-state index in [9.17, 15) is 4.79 Å². The van der Waals surface area contributed by atoms with Gasteiger partial charge in [-0.2, -0.15) is 0 Å². The summed E-state index contributed by atoms with van der Waals surface area (Å²) < 4.78 is 5.10. The zero-order chi connectivity index (χ0) is 11.1. The van der Waals surface area contributed by atoms with Crippen molar-refractivity contribution in [1.29, 1.82) is 0 Å². The van der Waals surface area contributed by atoms with Crippen molar-refractivity contribution >= 4 is 5.97 Å². The van der Waals surface area contributed by atoms with Crippen LogP contribution < -0.4 is 0 Å². The number of ether oxygens (including phenoxy) is 1. The monoisotopic (exact) mass is 198 g/mol. The zero-order valence-electron chi connectivity index (χ0n) is 9.91. The van der Waals surface area contributed by atoms with E-state index in [0.29, 0.717) is 11.8 Å². The predicted octanol–water partition coefficient (Wildman–Crippen LogP) is 3.18. The van der Waals surface area contributed by atoms with Gasteiger partial charge in [0.2, 0.25) is 0 Å². The maximum Gasteiger partial charge on any atom is 0.302 e.